The van der Waals surface area contributed by atoms with Crippen molar-refractivity contribution in [3.05, 3.63) is 83.4 Å². The van der Waals surface area contributed by atoms with Gasteiger partial charge in [-0.25, -0.2) is 17.8 Å². The number of hydrogen-bond acceptors (Lipinski definition) is 6. The molecule has 0 spiro atoms. The molecule has 0 saturated heterocycles. The normalized spacial score (nSPS) is 11.7. The van der Waals surface area contributed by atoms with Crippen LogP contribution in [0.4, 0.5) is 4.39 Å². The van der Waals surface area contributed by atoms with Crippen LogP contribution in [0.15, 0.2) is 66.0 Å². The van der Waals surface area contributed by atoms with E-state index in [0.29, 0.717) is 24.3 Å². The van der Waals surface area contributed by atoms with E-state index in [1.807, 2.05) is 25.1 Å². The Morgan fingerprint density at radius 2 is 1.83 bits per heavy atom. The number of benzene rings is 2. The number of amides is 1. The second kappa shape index (κ2) is 12.1. The topological polar surface area (TPSA) is 84.7 Å². The van der Waals surface area contributed by atoms with Gasteiger partial charge in [0, 0.05) is 32.3 Å². The average molecular weight is 503 g/mol. The fourth-order valence-electron chi connectivity index (χ4n) is 3.62. The Morgan fingerprint density at radius 1 is 1.09 bits per heavy atom. The first-order valence-corrected chi connectivity index (χ1v) is 12.9. The molecule has 35 heavy (non-hydrogen) atoms. The lowest BCUT2D eigenvalue weighted by atomic mass is 10.2. The van der Waals surface area contributed by atoms with E-state index in [1.54, 1.807) is 39.8 Å². The molecule has 0 aliphatic rings. The molecule has 1 amide bonds. The lowest BCUT2D eigenvalue weighted by Crippen LogP contribution is -2.37. The minimum Gasteiger partial charge on any atom is -0.383 e. The van der Waals surface area contributed by atoms with Gasteiger partial charge in [-0.15, -0.1) is 0 Å². The number of carbonyl (C=O) groups is 1. The Bertz CT molecular complexity index is 1230. The minimum absolute atomic E-state index is 0.0702. The third kappa shape index (κ3) is 7.20. The quantitative estimate of drug-likeness (QED) is 0.379. The highest BCUT2D eigenvalue weighted by Crippen LogP contribution is 2.20. The fraction of sp³-hybridized carbons (Fsp3) is 0.360. The molecule has 0 bridgehead atoms. The van der Waals surface area contributed by atoms with Crippen LogP contribution in [-0.4, -0.2) is 74.6 Å². The van der Waals surface area contributed by atoms with E-state index in [1.165, 1.54) is 31.5 Å². The van der Waals surface area contributed by atoms with Gasteiger partial charge in [0.25, 0.3) is 5.91 Å². The van der Waals surface area contributed by atoms with E-state index in [-0.39, 0.29) is 42.1 Å². The second-order valence-electron chi connectivity index (χ2n) is 8.46. The average Bonchev–Trinajstić information content (AvgIpc) is 3.23. The number of imidazole rings is 1. The van der Waals surface area contributed by atoms with Crippen molar-refractivity contribution >= 4 is 15.7 Å². The summed E-state index contributed by atoms with van der Waals surface area (Å²) < 4.78 is 47.0. The molecule has 0 fully saturated rings. The third-order valence-electron chi connectivity index (χ3n) is 5.43. The number of rotatable bonds is 12. The summed E-state index contributed by atoms with van der Waals surface area (Å²) in [5.41, 5.74) is 1.44. The summed E-state index contributed by atoms with van der Waals surface area (Å²) in [5, 5.41) is -0.0702. The smallest absolute Gasteiger partial charge is 0.254 e. The van der Waals surface area contributed by atoms with Gasteiger partial charge in [-0.2, -0.15) is 0 Å². The van der Waals surface area contributed by atoms with Gasteiger partial charge in [0.05, 0.1) is 30.8 Å². The largest absolute Gasteiger partial charge is 0.383 e. The summed E-state index contributed by atoms with van der Waals surface area (Å²) >= 11 is 0. The molecule has 0 saturated carbocycles. The van der Waals surface area contributed by atoms with Crippen LogP contribution in [0, 0.1) is 5.82 Å². The van der Waals surface area contributed by atoms with E-state index in [0.717, 1.165) is 0 Å². The molecule has 0 aliphatic heterocycles. The van der Waals surface area contributed by atoms with Crippen LogP contribution in [0.5, 0.6) is 0 Å². The molecule has 2 aromatic carbocycles. The van der Waals surface area contributed by atoms with Crippen LogP contribution in [-0.2, 0) is 33.4 Å². The number of methoxy groups -OCH3 is 1. The monoisotopic (exact) mass is 502 g/mol. The zero-order chi connectivity index (χ0) is 25.4. The first-order chi connectivity index (χ1) is 16.7. The first kappa shape index (κ1) is 26.5. The lowest BCUT2D eigenvalue weighted by Gasteiger charge is -2.25. The van der Waals surface area contributed by atoms with E-state index < -0.39 is 15.7 Å². The van der Waals surface area contributed by atoms with E-state index in [2.05, 4.69) is 4.98 Å². The van der Waals surface area contributed by atoms with Crippen LogP contribution in [0.25, 0.3) is 0 Å². The molecule has 1 aromatic heterocycles. The number of carbonyl (C=O) groups excluding carboxylic acids is 1. The molecular weight excluding hydrogens is 471 g/mol. The van der Waals surface area contributed by atoms with Gasteiger partial charge in [0.15, 0.2) is 0 Å². The highest BCUT2D eigenvalue weighted by Gasteiger charge is 2.26. The maximum absolute atomic E-state index is 13.8. The first-order valence-electron chi connectivity index (χ1n) is 11.2. The summed E-state index contributed by atoms with van der Waals surface area (Å²) in [6.07, 6.45) is 1.48. The summed E-state index contributed by atoms with van der Waals surface area (Å²) in [4.78, 5) is 21.0. The highest BCUT2D eigenvalue weighted by molar-refractivity contribution is 7.90. The van der Waals surface area contributed by atoms with Crippen molar-refractivity contribution in [2.24, 2.45) is 0 Å². The Labute approximate surface area is 205 Å². The van der Waals surface area contributed by atoms with Gasteiger partial charge >= 0.3 is 0 Å². The lowest BCUT2D eigenvalue weighted by molar-refractivity contribution is 0.0726. The summed E-state index contributed by atoms with van der Waals surface area (Å²) in [7, 11) is 1.56. The molecule has 0 aliphatic carbocycles. The van der Waals surface area contributed by atoms with Gasteiger partial charge in [0.2, 0.25) is 15.0 Å². The van der Waals surface area contributed by atoms with Crippen molar-refractivity contribution < 1.29 is 22.3 Å². The number of sulfone groups is 1. The Hall–Kier alpha value is -3.08. The number of ether oxygens (including phenoxy) is 1. The van der Waals surface area contributed by atoms with Crippen molar-refractivity contribution in [1.29, 1.82) is 0 Å². The number of nitrogens with zero attached hydrogens (tertiary/aromatic N) is 4. The molecule has 10 heteroatoms. The van der Waals surface area contributed by atoms with E-state index >= 15 is 0 Å². The molecule has 0 radical (unpaired) electrons. The van der Waals surface area contributed by atoms with Crippen LogP contribution < -0.4 is 0 Å². The number of aromatic nitrogens is 2. The Morgan fingerprint density at radius 3 is 2.49 bits per heavy atom. The Kier molecular flexibility index (Phi) is 9.13. The molecule has 0 unspecified atom stereocenters. The molecule has 0 N–H and O–H groups in total. The maximum Gasteiger partial charge on any atom is 0.254 e. The summed E-state index contributed by atoms with van der Waals surface area (Å²) in [6.45, 7) is 1.58. The van der Waals surface area contributed by atoms with Gasteiger partial charge < -0.3 is 19.1 Å². The van der Waals surface area contributed by atoms with E-state index in [9.17, 15) is 17.6 Å². The van der Waals surface area contributed by atoms with Crippen molar-refractivity contribution in [2.45, 2.75) is 24.0 Å². The second-order valence-corrected chi connectivity index (χ2v) is 10.3. The van der Waals surface area contributed by atoms with Gasteiger partial charge in [0.1, 0.15) is 5.82 Å². The predicted molar refractivity (Wildman–Crippen MR) is 131 cm³/mol. The SMILES string of the molecule is COCCn1c(CN(CCN(C)C)C(=O)c2cccc(F)c2)cnc1S(=O)(=O)Cc1ccccc1. The Balaban J connectivity index is 1.94. The molecule has 1 heterocycles. The van der Waals surface area contributed by atoms with Crippen LogP contribution in [0.2, 0.25) is 0 Å². The minimum atomic E-state index is -3.76. The van der Waals surface area contributed by atoms with Crippen LogP contribution in [0.1, 0.15) is 21.6 Å². The molecule has 0 atom stereocenters. The molecule has 8 nitrogen and oxygen atoms in total. The van der Waals surface area contributed by atoms with Crippen molar-refractivity contribution in [3.63, 3.8) is 0 Å². The van der Waals surface area contributed by atoms with Crippen LogP contribution >= 0.6 is 0 Å². The van der Waals surface area contributed by atoms with Gasteiger partial charge in [-0.05, 0) is 37.9 Å². The molecule has 3 rings (SSSR count). The van der Waals surface area contributed by atoms with E-state index in [4.69, 9.17) is 4.74 Å². The zero-order valence-electron chi connectivity index (χ0n) is 20.2. The van der Waals surface area contributed by atoms with Crippen molar-refractivity contribution in [3.8, 4) is 0 Å². The molecular formula is C25H31FN4O4S. The zero-order valence-corrected chi connectivity index (χ0v) is 21.0. The number of hydrogen-bond donors (Lipinski definition) is 0. The summed E-state index contributed by atoms with van der Waals surface area (Å²) in [6, 6.07) is 14.4. The van der Waals surface area contributed by atoms with Crippen molar-refractivity contribution in [2.75, 3.05) is 40.9 Å². The number of likely N-dealkylation sites (N-methyl/N-ethyl adjacent to an activating group) is 1. The molecule has 188 valence electrons. The van der Waals surface area contributed by atoms with Crippen molar-refractivity contribution in [1.82, 2.24) is 19.4 Å². The fourth-order valence-corrected chi connectivity index (χ4v) is 5.14. The van der Waals surface area contributed by atoms with Crippen LogP contribution in [0.3, 0.4) is 0 Å². The van der Waals surface area contributed by atoms with Gasteiger partial charge in [-0.3, -0.25) is 4.79 Å². The maximum atomic E-state index is 13.8. The highest BCUT2D eigenvalue weighted by atomic mass is 32.2. The van der Waals surface area contributed by atoms with Gasteiger partial charge in [-0.1, -0.05) is 36.4 Å². The summed E-state index contributed by atoms with van der Waals surface area (Å²) in [5.74, 6) is -1.04. The number of halogens is 1. The molecule has 3 aromatic rings. The predicted octanol–water partition coefficient (Wildman–Crippen LogP) is 2.85. The standard InChI is InChI=1S/C25H31FN4O4S/c1-28(2)12-13-29(24(31)21-10-7-11-22(26)16-21)18-23-17-27-25(30(23)14-15-34-3)35(32,33)19-20-8-5-4-6-9-20/h4-11,16-17H,12-15,18-19H2,1-3H3. The third-order valence-corrected chi connectivity index (χ3v) is 7.02.